The van der Waals surface area contributed by atoms with Crippen molar-refractivity contribution in [1.29, 1.82) is 0 Å². The lowest BCUT2D eigenvalue weighted by atomic mass is 10.3. The Morgan fingerprint density at radius 2 is 2.29 bits per heavy atom. The van der Waals surface area contributed by atoms with Gasteiger partial charge >= 0.3 is 5.97 Å². The maximum absolute atomic E-state index is 11.3. The van der Waals surface area contributed by atoms with Gasteiger partial charge in [0.25, 0.3) is 0 Å². The minimum absolute atomic E-state index is 0.238. The van der Waals surface area contributed by atoms with Crippen molar-refractivity contribution in [2.75, 3.05) is 6.61 Å². The molecular weight excluding hydrogens is 340 g/mol. The van der Waals surface area contributed by atoms with Crippen molar-refractivity contribution in [2.45, 2.75) is 6.92 Å². The van der Waals surface area contributed by atoms with E-state index in [1.54, 1.807) is 6.92 Å². The van der Waals surface area contributed by atoms with Crippen LogP contribution in [0, 0.1) is 3.57 Å². The maximum atomic E-state index is 11.3. The molecule has 0 aliphatic rings. The van der Waals surface area contributed by atoms with Crippen LogP contribution in [0.4, 0.5) is 0 Å². The molecule has 0 aromatic carbocycles. The Morgan fingerprint density at radius 3 is 2.86 bits per heavy atom. The third kappa shape index (κ3) is 2.49. The average molecular weight is 346 g/mol. The van der Waals surface area contributed by atoms with Gasteiger partial charge in [-0.1, -0.05) is 23.2 Å². The van der Waals surface area contributed by atoms with Gasteiger partial charge in [0, 0.05) is 6.20 Å². The highest BCUT2D eigenvalue weighted by molar-refractivity contribution is 14.1. The molecule has 1 rings (SSSR count). The van der Waals surface area contributed by atoms with Crippen LogP contribution in [0.3, 0.4) is 0 Å². The molecule has 1 heterocycles. The molecule has 1 aromatic rings. The number of carbonyl (C=O) groups is 1. The summed E-state index contributed by atoms with van der Waals surface area (Å²) in [7, 11) is 0. The third-order valence-electron chi connectivity index (χ3n) is 1.41. The van der Waals surface area contributed by atoms with E-state index in [1.165, 1.54) is 6.20 Å². The van der Waals surface area contributed by atoms with E-state index in [2.05, 4.69) is 4.98 Å². The quantitative estimate of drug-likeness (QED) is 0.469. The molecule has 0 spiro atoms. The second kappa shape index (κ2) is 5.14. The van der Waals surface area contributed by atoms with Crippen LogP contribution in [0.2, 0.25) is 10.2 Å². The summed E-state index contributed by atoms with van der Waals surface area (Å²) in [5.41, 5.74) is 0.238. The highest BCUT2D eigenvalue weighted by atomic mass is 127. The van der Waals surface area contributed by atoms with Crippen molar-refractivity contribution in [1.82, 2.24) is 4.98 Å². The summed E-state index contributed by atoms with van der Waals surface area (Å²) in [6.07, 6.45) is 1.31. The fourth-order valence-electron chi connectivity index (χ4n) is 0.795. The molecule has 76 valence electrons. The number of aromatic nitrogens is 1. The zero-order chi connectivity index (χ0) is 10.7. The van der Waals surface area contributed by atoms with E-state index in [-0.39, 0.29) is 15.7 Å². The normalized spacial score (nSPS) is 10.0. The second-order valence-electron chi connectivity index (χ2n) is 2.31. The summed E-state index contributed by atoms with van der Waals surface area (Å²) in [6.45, 7) is 2.02. The average Bonchev–Trinajstić information content (AvgIpc) is 2.15. The lowest BCUT2D eigenvalue weighted by Gasteiger charge is -2.05. The Hall–Kier alpha value is -0.0700. The minimum Gasteiger partial charge on any atom is -0.462 e. The van der Waals surface area contributed by atoms with Crippen LogP contribution in [-0.4, -0.2) is 17.6 Å². The highest BCUT2D eigenvalue weighted by Gasteiger charge is 2.16. The van der Waals surface area contributed by atoms with E-state index in [0.29, 0.717) is 10.2 Å². The van der Waals surface area contributed by atoms with E-state index in [1.807, 2.05) is 22.6 Å². The van der Waals surface area contributed by atoms with Crippen molar-refractivity contribution in [3.8, 4) is 0 Å². The van der Waals surface area contributed by atoms with E-state index >= 15 is 0 Å². The first-order valence-electron chi connectivity index (χ1n) is 3.74. The third-order valence-corrected chi connectivity index (χ3v) is 3.78. The molecule has 6 heteroatoms. The monoisotopic (exact) mass is 345 g/mol. The molecule has 0 unspecified atom stereocenters. The lowest BCUT2D eigenvalue weighted by Crippen LogP contribution is -2.07. The number of halogens is 3. The first kappa shape index (κ1) is 12.0. The first-order chi connectivity index (χ1) is 6.57. The van der Waals surface area contributed by atoms with Crippen LogP contribution < -0.4 is 0 Å². The maximum Gasteiger partial charge on any atom is 0.341 e. The number of esters is 1. The standard InChI is InChI=1S/C8H6Cl2INO2/c1-2-14-8(13)4-3-12-7(10)6(11)5(4)9/h3H,2H2,1H3. The van der Waals surface area contributed by atoms with Gasteiger partial charge in [-0.3, -0.25) is 0 Å². The minimum atomic E-state index is -0.486. The van der Waals surface area contributed by atoms with Gasteiger partial charge in [-0.05, 0) is 29.5 Å². The highest BCUT2D eigenvalue weighted by Crippen LogP contribution is 2.27. The molecule has 0 saturated carbocycles. The number of rotatable bonds is 2. The Balaban J connectivity index is 3.11. The summed E-state index contributed by atoms with van der Waals surface area (Å²) in [4.78, 5) is 15.2. The van der Waals surface area contributed by atoms with Crippen LogP contribution in [0.25, 0.3) is 0 Å². The van der Waals surface area contributed by atoms with Crippen molar-refractivity contribution in [2.24, 2.45) is 0 Å². The number of nitrogens with zero attached hydrogens (tertiary/aromatic N) is 1. The van der Waals surface area contributed by atoms with Crippen molar-refractivity contribution in [3.05, 3.63) is 25.5 Å². The van der Waals surface area contributed by atoms with Crippen LogP contribution in [0.15, 0.2) is 6.20 Å². The zero-order valence-corrected chi connectivity index (χ0v) is 10.9. The van der Waals surface area contributed by atoms with Gasteiger partial charge in [0.05, 0.1) is 20.8 Å². The number of ether oxygens (including phenoxy) is 1. The first-order valence-corrected chi connectivity index (χ1v) is 5.58. The molecule has 0 N–H and O–H groups in total. The number of hydrogen-bond donors (Lipinski definition) is 0. The number of carbonyl (C=O) groups excluding carboxylic acids is 1. The van der Waals surface area contributed by atoms with E-state index < -0.39 is 5.97 Å². The van der Waals surface area contributed by atoms with Crippen LogP contribution >= 0.6 is 45.8 Å². The van der Waals surface area contributed by atoms with E-state index in [4.69, 9.17) is 27.9 Å². The van der Waals surface area contributed by atoms with Gasteiger partial charge in [0.1, 0.15) is 5.15 Å². The number of hydrogen-bond acceptors (Lipinski definition) is 3. The molecule has 0 bridgehead atoms. The molecule has 0 saturated heterocycles. The van der Waals surface area contributed by atoms with Crippen molar-refractivity contribution >= 4 is 51.8 Å². The molecule has 0 aliphatic carbocycles. The Morgan fingerprint density at radius 1 is 1.64 bits per heavy atom. The molecule has 0 radical (unpaired) electrons. The van der Waals surface area contributed by atoms with Gasteiger partial charge in [-0.15, -0.1) is 0 Å². The Bertz CT molecular complexity index is 371. The van der Waals surface area contributed by atoms with Gasteiger partial charge in [0.15, 0.2) is 0 Å². The second-order valence-corrected chi connectivity index (χ2v) is 4.13. The summed E-state index contributed by atoms with van der Waals surface area (Å²) >= 11 is 13.5. The summed E-state index contributed by atoms with van der Waals surface area (Å²) in [6, 6.07) is 0. The smallest absolute Gasteiger partial charge is 0.341 e. The fourth-order valence-corrected chi connectivity index (χ4v) is 1.63. The Labute approximate surface area is 105 Å². The van der Waals surface area contributed by atoms with Crippen molar-refractivity contribution < 1.29 is 9.53 Å². The zero-order valence-electron chi connectivity index (χ0n) is 7.18. The van der Waals surface area contributed by atoms with Gasteiger partial charge < -0.3 is 4.74 Å². The van der Waals surface area contributed by atoms with Crippen LogP contribution in [0.5, 0.6) is 0 Å². The van der Waals surface area contributed by atoms with Gasteiger partial charge in [-0.25, -0.2) is 9.78 Å². The van der Waals surface area contributed by atoms with Gasteiger partial charge in [-0.2, -0.15) is 0 Å². The molecule has 0 fully saturated rings. The molecule has 0 amide bonds. The number of pyridine rings is 1. The lowest BCUT2D eigenvalue weighted by molar-refractivity contribution is 0.0526. The van der Waals surface area contributed by atoms with Crippen LogP contribution in [0.1, 0.15) is 17.3 Å². The Kier molecular flexibility index (Phi) is 4.40. The predicted molar refractivity (Wildman–Crippen MR) is 62.9 cm³/mol. The molecule has 14 heavy (non-hydrogen) atoms. The van der Waals surface area contributed by atoms with E-state index in [9.17, 15) is 4.79 Å². The SMILES string of the molecule is CCOC(=O)c1cnc(Cl)c(I)c1Cl. The molecule has 0 atom stereocenters. The fraction of sp³-hybridized carbons (Fsp3) is 0.250. The predicted octanol–water partition coefficient (Wildman–Crippen LogP) is 3.17. The largest absolute Gasteiger partial charge is 0.462 e. The summed E-state index contributed by atoms with van der Waals surface area (Å²) in [5, 5.41) is 0.563. The van der Waals surface area contributed by atoms with Crippen LogP contribution in [-0.2, 0) is 4.74 Å². The molecular formula is C8H6Cl2INO2. The van der Waals surface area contributed by atoms with E-state index in [0.717, 1.165) is 0 Å². The molecule has 3 nitrogen and oxygen atoms in total. The summed E-state index contributed by atoms with van der Waals surface area (Å²) in [5.74, 6) is -0.486. The van der Waals surface area contributed by atoms with Gasteiger partial charge in [0.2, 0.25) is 0 Å². The molecule has 1 aromatic heterocycles. The summed E-state index contributed by atoms with van der Waals surface area (Å²) < 4.78 is 5.35. The topological polar surface area (TPSA) is 39.2 Å². The molecule has 0 aliphatic heterocycles. The van der Waals surface area contributed by atoms with Crippen molar-refractivity contribution in [3.63, 3.8) is 0 Å².